The summed E-state index contributed by atoms with van der Waals surface area (Å²) in [6.07, 6.45) is 1.55. The minimum atomic E-state index is -0.175. The molecular weight excluding hydrogens is 262 g/mol. The minimum absolute atomic E-state index is 0.175. The van der Waals surface area contributed by atoms with E-state index in [1.807, 2.05) is 61.5 Å². The molecule has 0 saturated heterocycles. The summed E-state index contributed by atoms with van der Waals surface area (Å²) in [6.45, 7) is 2.01. The molecule has 4 nitrogen and oxygen atoms in total. The number of hydrogen-bond donors (Lipinski definition) is 2. The fourth-order valence-electron chi connectivity index (χ4n) is 2.12. The van der Waals surface area contributed by atoms with Gasteiger partial charge in [-0.3, -0.25) is 9.89 Å². The van der Waals surface area contributed by atoms with Crippen molar-refractivity contribution in [3.8, 4) is 11.3 Å². The predicted molar refractivity (Wildman–Crippen MR) is 83.2 cm³/mol. The number of aromatic nitrogens is 2. The lowest BCUT2D eigenvalue weighted by molar-refractivity contribution is 0.102. The molecular formula is C17H15N3O. The zero-order valence-corrected chi connectivity index (χ0v) is 11.6. The Morgan fingerprint density at radius 2 is 1.76 bits per heavy atom. The number of rotatable bonds is 3. The Morgan fingerprint density at radius 1 is 1.05 bits per heavy atom. The molecule has 104 valence electrons. The molecule has 0 fully saturated rings. The number of amides is 1. The Bertz CT molecular complexity index is 745. The van der Waals surface area contributed by atoms with Gasteiger partial charge in [-0.25, -0.2) is 0 Å². The molecule has 0 aliphatic rings. The van der Waals surface area contributed by atoms with Crippen LogP contribution in [0.25, 0.3) is 11.3 Å². The number of benzene rings is 2. The van der Waals surface area contributed by atoms with Crippen molar-refractivity contribution < 1.29 is 4.79 Å². The molecule has 0 spiro atoms. The number of aromatic amines is 1. The van der Waals surface area contributed by atoms with E-state index in [1.165, 1.54) is 0 Å². The number of carbonyl (C=O) groups is 1. The lowest BCUT2D eigenvalue weighted by atomic mass is 10.1. The van der Waals surface area contributed by atoms with Gasteiger partial charge in [0.2, 0.25) is 0 Å². The number of H-pyrrole nitrogens is 1. The Balaban J connectivity index is 1.86. The zero-order chi connectivity index (χ0) is 14.7. The standard InChI is InChI=1S/C17H15N3O/c1-12-7-9-14(10-8-12)19-17(21)15-11-18-20-16(15)13-5-3-2-4-6-13/h2-11H,1H3,(H,18,20)(H,19,21). The van der Waals surface area contributed by atoms with Crippen LogP contribution in [0.2, 0.25) is 0 Å². The second-order valence-corrected chi connectivity index (χ2v) is 4.84. The monoisotopic (exact) mass is 277 g/mol. The van der Waals surface area contributed by atoms with E-state index in [0.717, 1.165) is 22.5 Å². The van der Waals surface area contributed by atoms with E-state index in [4.69, 9.17) is 0 Å². The molecule has 0 saturated carbocycles. The highest BCUT2D eigenvalue weighted by atomic mass is 16.1. The third kappa shape index (κ3) is 2.84. The van der Waals surface area contributed by atoms with Crippen LogP contribution >= 0.6 is 0 Å². The second-order valence-electron chi connectivity index (χ2n) is 4.84. The van der Waals surface area contributed by atoms with Crippen LogP contribution in [0.4, 0.5) is 5.69 Å². The molecule has 1 heterocycles. The van der Waals surface area contributed by atoms with Crippen LogP contribution < -0.4 is 5.32 Å². The van der Waals surface area contributed by atoms with Crippen molar-refractivity contribution in [3.05, 3.63) is 71.9 Å². The molecule has 1 amide bonds. The number of nitrogens with one attached hydrogen (secondary N) is 2. The summed E-state index contributed by atoms with van der Waals surface area (Å²) in [6, 6.07) is 17.4. The minimum Gasteiger partial charge on any atom is -0.322 e. The van der Waals surface area contributed by atoms with E-state index in [-0.39, 0.29) is 5.91 Å². The first-order valence-electron chi connectivity index (χ1n) is 6.71. The summed E-state index contributed by atoms with van der Waals surface area (Å²) >= 11 is 0. The SMILES string of the molecule is Cc1ccc(NC(=O)c2cn[nH]c2-c2ccccc2)cc1. The number of carbonyl (C=O) groups excluding carboxylic acids is 1. The van der Waals surface area contributed by atoms with E-state index in [2.05, 4.69) is 15.5 Å². The van der Waals surface area contributed by atoms with E-state index in [1.54, 1.807) is 6.20 Å². The first kappa shape index (κ1) is 13.1. The fraction of sp³-hybridized carbons (Fsp3) is 0.0588. The summed E-state index contributed by atoms with van der Waals surface area (Å²) in [5.74, 6) is -0.175. The van der Waals surface area contributed by atoms with Gasteiger partial charge in [0.15, 0.2) is 0 Å². The average molecular weight is 277 g/mol. The zero-order valence-electron chi connectivity index (χ0n) is 11.6. The number of aryl methyl sites for hydroxylation is 1. The molecule has 2 N–H and O–H groups in total. The highest BCUT2D eigenvalue weighted by Crippen LogP contribution is 2.21. The van der Waals surface area contributed by atoms with E-state index >= 15 is 0 Å². The molecule has 1 aromatic heterocycles. The molecule has 21 heavy (non-hydrogen) atoms. The Kier molecular flexibility index (Phi) is 3.51. The predicted octanol–water partition coefficient (Wildman–Crippen LogP) is 3.64. The van der Waals surface area contributed by atoms with Gasteiger partial charge in [0.25, 0.3) is 5.91 Å². The smallest absolute Gasteiger partial charge is 0.259 e. The molecule has 0 radical (unpaired) electrons. The molecule has 2 aromatic carbocycles. The summed E-state index contributed by atoms with van der Waals surface area (Å²) in [5.41, 5.74) is 4.11. The van der Waals surface area contributed by atoms with Gasteiger partial charge < -0.3 is 5.32 Å². The van der Waals surface area contributed by atoms with Gasteiger partial charge in [-0.05, 0) is 19.1 Å². The van der Waals surface area contributed by atoms with Crippen molar-refractivity contribution in [2.75, 3.05) is 5.32 Å². The molecule has 0 aliphatic heterocycles. The third-order valence-corrected chi connectivity index (χ3v) is 3.26. The molecule has 3 rings (SSSR count). The van der Waals surface area contributed by atoms with Crippen LogP contribution in [0.5, 0.6) is 0 Å². The first-order chi connectivity index (χ1) is 10.2. The normalized spacial score (nSPS) is 10.3. The van der Waals surface area contributed by atoms with Crippen molar-refractivity contribution in [3.63, 3.8) is 0 Å². The molecule has 0 unspecified atom stereocenters. The van der Waals surface area contributed by atoms with Gasteiger partial charge >= 0.3 is 0 Å². The summed E-state index contributed by atoms with van der Waals surface area (Å²) < 4.78 is 0. The lowest BCUT2D eigenvalue weighted by Gasteiger charge is -2.06. The van der Waals surface area contributed by atoms with Crippen LogP contribution in [-0.2, 0) is 0 Å². The van der Waals surface area contributed by atoms with Gasteiger partial charge in [0, 0.05) is 11.3 Å². The first-order valence-corrected chi connectivity index (χ1v) is 6.71. The van der Waals surface area contributed by atoms with Crippen LogP contribution in [0.1, 0.15) is 15.9 Å². The Labute approximate surface area is 122 Å². The van der Waals surface area contributed by atoms with Crippen molar-refractivity contribution in [1.29, 1.82) is 0 Å². The Morgan fingerprint density at radius 3 is 2.48 bits per heavy atom. The van der Waals surface area contributed by atoms with Crippen LogP contribution in [-0.4, -0.2) is 16.1 Å². The third-order valence-electron chi connectivity index (χ3n) is 3.26. The summed E-state index contributed by atoms with van der Waals surface area (Å²) in [7, 11) is 0. The maximum Gasteiger partial charge on any atom is 0.259 e. The largest absolute Gasteiger partial charge is 0.322 e. The van der Waals surface area contributed by atoms with Crippen LogP contribution in [0.15, 0.2) is 60.8 Å². The maximum atomic E-state index is 12.4. The van der Waals surface area contributed by atoms with Gasteiger partial charge in [-0.2, -0.15) is 5.10 Å². The van der Waals surface area contributed by atoms with E-state index in [9.17, 15) is 4.79 Å². The Hall–Kier alpha value is -2.88. The van der Waals surface area contributed by atoms with E-state index in [0.29, 0.717) is 5.56 Å². The fourth-order valence-corrected chi connectivity index (χ4v) is 2.12. The van der Waals surface area contributed by atoms with Crippen molar-refractivity contribution in [2.24, 2.45) is 0 Å². The molecule has 0 bridgehead atoms. The second kappa shape index (κ2) is 5.63. The summed E-state index contributed by atoms with van der Waals surface area (Å²) in [5, 5.41) is 9.76. The number of hydrogen-bond acceptors (Lipinski definition) is 2. The van der Waals surface area contributed by atoms with Gasteiger partial charge in [0.1, 0.15) is 0 Å². The van der Waals surface area contributed by atoms with E-state index < -0.39 is 0 Å². The van der Waals surface area contributed by atoms with Crippen molar-refractivity contribution >= 4 is 11.6 Å². The average Bonchev–Trinajstić information content (AvgIpc) is 3.00. The van der Waals surface area contributed by atoms with Gasteiger partial charge in [-0.15, -0.1) is 0 Å². The molecule has 3 aromatic rings. The molecule has 0 aliphatic carbocycles. The van der Waals surface area contributed by atoms with Crippen LogP contribution in [0.3, 0.4) is 0 Å². The number of anilines is 1. The van der Waals surface area contributed by atoms with Crippen molar-refractivity contribution in [2.45, 2.75) is 6.92 Å². The maximum absolute atomic E-state index is 12.4. The topological polar surface area (TPSA) is 57.8 Å². The number of nitrogens with zero attached hydrogens (tertiary/aromatic N) is 1. The van der Waals surface area contributed by atoms with Crippen molar-refractivity contribution in [1.82, 2.24) is 10.2 Å². The van der Waals surface area contributed by atoms with Gasteiger partial charge in [0.05, 0.1) is 17.5 Å². The quantitative estimate of drug-likeness (QED) is 0.768. The highest BCUT2D eigenvalue weighted by Gasteiger charge is 2.15. The molecule has 4 heteroatoms. The van der Waals surface area contributed by atoms with Gasteiger partial charge in [-0.1, -0.05) is 48.0 Å². The van der Waals surface area contributed by atoms with Crippen LogP contribution in [0, 0.1) is 6.92 Å². The summed E-state index contributed by atoms with van der Waals surface area (Å²) in [4.78, 5) is 12.4. The highest BCUT2D eigenvalue weighted by molar-refractivity contribution is 6.07. The molecule has 0 atom stereocenters. The lowest BCUT2D eigenvalue weighted by Crippen LogP contribution is -2.12.